The highest BCUT2D eigenvalue weighted by Crippen LogP contribution is 2.35. The summed E-state index contributed by atoms with van der Waals surface area (Å²) < 4.78 is 16.8. The Hall–Kier alpha value is -1.26. The van der Waals surface area contributed by atoms with Crippen LogP contribution in [0.3, 0.4) is 0 Å². The van der Waals surface area contributed by atoms with Crippen LogP contribution >= 0.6 is 0 Å². The number of piperidine rings is 1. The molecule has 0 aromatic heterocycles. The smallest absolute Gasteiger partial charge is 0.231 e. The van der Waals surface area contributed by atoms with Crippen LogP contribution in [0.1, 0.15) is 25.3 Å². The summed E-state index contributed by atoms with van der Waals surface area (Å²) in [5.74, 6) is 2.52. The van der Waals surface area contributed by atoms with Crippen molar-refractivity contribution in [2.45, 2.75) is 38.5 Å². The molecule has 108 valence electrons. The van der Waals surface area contributed by atoms with E-state index in [0.29, 0.717) is 19.0 Å². The fourth-order valence-corrected chi connectivity index (χ4v) is 3.67. The van der Waals surface area contributed by atoms with Gasteiger partial charge in [-0.05, 0) is 49.9 Å². The summed E-state index contributed by atoms with van der Waals surface area (Å²) in [6.07, 6.45) is 3.38. The van der Waals surface area contributed by atoms with Crippen LogP contribution in [-0.2, 0) is 11.3 Å². The SMILES string of the molecule is C[C@@H]1C[C@@H]2CCN(Cc3ccc4c(c3)OCO4)C[C@H]2O1. The van der Waals surface area contributed by atoms with E-state index in [1.807, 2.05) is 6.07 Å². The molecule has 0 aliphatic carbocycles. The monoisotopic (exact) mass is 275 g/mol. The molecule has 0 unspecified atom stereocenters. The van der Waals surface area contributed by atoms with Crippen molar-refractivity contribution < 1.29 is 14.2 Å². The molecule has 3 aliphatic heterocycles. The summed E-state index contributed by atoms with van der Waals surface area (Å²) in [5.41, 5.74) is 1.29. The van der Waals surface area contributed by atoms with E-state index in [1.165, 1.54) is 24.9 Å². The predicted molar refractivity (Wildman–Crippen MR) is 74.9 cm³/mol. The highest BCUT2D eigenvalue weighted by Gasteiger charge is 2.37. The van der Waals surface area contributed by atoms with Gasteiger partial charge in [0.05, 0.1) is 12.2 Å². The molecule has 20 heavy (non-hydrogen) atoms. The van der Waals surface area contributed by atoms with E-state index < -0.39 is 0 Å². The predicted octanol–water partition coefficient (Wildman–Crippen LogP) is 2.41. The van der Waals surface area contributed by atoms with Crippen LogP contribution in [0.2, 0.25) is 0 Å². The first-order valence-corrected chi connectivity index (χ1v) is 7.54. The van der Waals surface area contributed by atoms with Crippen molar-refractivity contribution in [2.75, 3.05) is 19.9 Å². The molecule has 0 spiro atoms. The number of likely N-dealkylation sites (tertiary alicyclic amines) is 1. The molecule has 2 fully saturated rings. The van der Waals surface area contributed by atoms with Gasteiger partial charge in [0.1, 0.15) is 0 Å². The minimum Gasteiger partial charge on any atom is -0.454 e. The van der Waals surface area contributed by atoms with Gasteiger partial charge in [0.15, 0.2) is 11.5 Å². The van der Waals surface area contributed by atoms with Crippen LogP contribution in [-0.4, -0.2) is 37.0 Å². The van der Waals surface area contributed by atoms with Crippen molar-refractivity contribution in [1.82, 2.24) is 4.90 Å². The number of rotatable bonds is 2. The van der Waals surface area contributed by atoms with Gasteiger partial charge in [-0.2, -0.15) is 0 Å². The normalized spacial score (nSPS) is 32.4. The summed E-state index contributed by atoms with van der Waals surface area (Å²) in [5, 5.41) is 0. The Morgan fingerprint density at radius 1 is 1.25 bits per heavy atom. The van der Waals surface area contributed by atoms with E-state index in [1.54, 1.807) is 0 Å². The van der Waals surface area contributed by atoms with E-state index >= 15 is 0 Å². The van der Waals surface area contributed by atoms with Gasteiger partial charge in [-0.25, -0.2) is 0 Å². The third-order valence-corrected chi connectivity index (χ3v) is 4.66. The molecule has 1 aromatic rings. The van der Waals surface area contributed by atoms with Gasteiger partial charge in [-0.15, -0.1) is 0 Å². The third kappa shape index (κ3) is 2.27. The topological polar surface area (TPSA) is 30.9 Å². The van der Waals surface area contributed by atoms with Crippen LogP contribution in [0.15, 0.2) is 18.2 Å². The first kappa shape index (κ1) is 12.5. The number of fused-ring (bicyclic) bond motifs is 2. The molecule has 0 N–H and O–H groups in total. The van der Waals surface area contributed by atoms with E-state index in [4.69, 9.17) is 14.2 Å². The Morgan fingerprint density at radius 3 is 3.10 bits per heavy atom. The largest absolute Gasteiger partial charge is 0.454 e. The Labute approximate surface area is 119 Å². The lowest BCUT2D eigenvalue weighted by molar-refractivity contribution is -0.00276. The maximum absolute atomic E-state index is 6.02. The molecule has 4 heteroatoms. The molecule has 1 aromatic carbocycles. The second kappa shape index (κ2) is 4.93. The zero-order valence-corrected chi connectivity index (χ0v) is 11.9. The maximum atomic E-state index is 6.02. The lowest BCUT2D eigenvalue weighted by atomic mass is 9.92. The Morgan fingerprint density at radius 2 is 2.15 bits per heavy atom. The Balaban J connectivity index is 1.42. The highest BCUT2D eigenvalue weighted by atomic mass is 16.7. The van der Waals surface area contributed by atoms with Crippen molar-refractivity contribution >= 4 is 0 Å². The van der Waals surface area contributed by atoms with Crippen LogP contribution < -0.4 is 9.47 Å². The molecular formula is C16H21NO3. The summed E-state index contributed by atoms with van der Waals surface area (Å²) in [4.78, 5) is 2.50. The van der Waals surface area contributed by atoms with Gasteiger partial charge in [0.25, 0.3) is 0 Å². The number of ether oxygens (including phenoxy) is 3. The fraction of sp³-hybridized carbons (Fsp3) is 0.625. The first-order chi connectivity index (χ1) is 9.78. The second-order valence-corrected chi connectivity index (χ2v) is 6.19. The zero-order chi connectivity index (χ0) is 13.5. The Kier molecular flexibility index (Phi) is 3.08. The van der Waals surface area contributed by atoms with Crippen LogP contribution in [0.25, 0.3) is 0 Å². The van der Waals surface area contributed by atoms with Gasteiger partial charge in [-0.3, -0.25) is 4.90 Å². The molecular weight excluding hydrogens is 254 g/mol. The van der Waals surface area contributed by atoms with E-state index in [2.05, 4.69) is 24.0 Å². The Bertz CT molecular complexity index is 504. The van der Waals surface area contributed by atoms with Crippen molar-refractivity contribution in [3.8, 4) is 11.5 Å². The van der Waals surface area contributed by atoms with Crippen LogP contribution in [0, 0.1) is 5.92 Å². The van der Waals surface area contributed by atoms with Gasteiger partial charge < -0.3 is 14.2 Å². The summed E-state index contributed by atoms with van der Waals surface area (Å²) >= 11 is 0. The molecule has 2 saturated heterocycles. The molecule has 3 aliphatic rings. The molecule has 4 rings (SSSR count). The van der Waals surface area contributed by atoms with Crippen molar-refractivity contribution in [3.05, 3.63) is 23.8 Å². The standard InChI is InChI=1S/C16H21NO3/c1-11-6-13-4-5-17(9-16(13)20-11)8-12-2-3-14-15(7-12)19-10-18-14/h2-3,7,11,13,16H,4-6,8-10H2,1H3/t11-,13+,16-/m1/s1. The highest BCUT2D eigenvalue weighted by molar-refractivity contribution is 5.44. The second-order valence-electron chi connectivity index (χ2n) is 6.19. The van der Waals surface area contributed by atoms with Gasteiger partial charge in [0.2, 0.25) is 6.79 Å². The average molecular weight is 275 g/mol. The summed E-state index contributed by atoms with van der Waals surface area (Å²) in [6.45, 7) is 5.74. The minimum absolute atomic E-state index is 0.345. The summed E-state index contributed by atoms with van der Waals surface area (Å²) in [7, 11) is 0. The van der Waals surface area contributed by atoms with Crippen molar-refractivity contribution in [3.63, 3.8) is 0 Å². The zero-order valence-electron chi connectivity index (χ0n) is 11.9. The molecule has 0 bridgehead atoms. The molecule has 0 saturated carbocycles. The first-order valence-electron chi connectivity index (χ1n) is 7.54. The fourth-order valence-electron chi connectivity index (χ4n) is 3.67. The molecule has 4 nitrogen and oxygen atoms in total. The van der Waals surface area contributed by atoms with Gasteiger partial charge >= 0.3 is 0 Å². The van der Waals surface area contributed by atoms with Gasteiger partial charge in [-0.1, -0.05) is 6.07 Å². The quantitative estimate of drug-likeness (QED) is 0.829. The van der Waals surface area contributed by atoms with Gasteiger partial charge in [0, 0.05) is 13.1 Å². The minimum atomic E-state index is 0.345. The lowest BCUT2D eigenvalue weighted by Gasteiger charge is -2.34. The van der Waals surface area contributed by atoms with E-state index in [0.717, 1.165) is 30.5 Å². The average Bonchev–Trinajstić information content (AvgIpc) is 3.02. The number of benzene rings is 1. The molecule has 0 amide bonds. The lowest BCUT2D eigenvalue weighted by Crippen LogP contribution is -2.41. The van der Waals surface area contributed by atoms with Crippen molar-refractivity contribution in [1.29, 1.82) is 0 Å². The summed E-state index contributed by atoms with van der Waals surface area (Å²) in [6, 6.07) is 6.25. The maximum Gasteiger partial charge on any atom is 0.231 e. The van der Waals surface area contributed by atoms with Crippen LogP contribution in [0.4, 0.5) is 0 Å². The van der Waals surface area contributed by atoms with Crippen LogP contribution in [0.5, 0.6) is 11.5 Å². The molecule has 3 heterocycles. The molecule has 3 atom stereocenters. The number of hydrogen-bond acceptors (Lipinski definition) is 4. The number of nitrogens with zero attached hydrogens (tertiary/aromatic N) is 1. The number of hydrogen-bond donors (Lipinski definition) is 0. The van der Waals surface area contributed by atoms with E-state index in [9.17, 15) is 0 Å². The van der Waals surface area contributed by atoms with Crippen molar-refractivity contribution in [2.24, 2.45) is 5.92 Å². The van der Waals surface area contributed by atoms with E-state index in [-0.39, 0.29) is 0 Å². The third-order valence-electron chi connectivity index (χ3n) is 4.66. The molecule has 0 radical (unpaired) electrons.